The number of aromatic amines is 1. The normalized spacial score (nSPS) is 16.9. The molecule has 2 aliphatic heterocycles. The summed E-state index contributed by atoms with van der Waals surface area (Å²) in [7, 11) is 0. The molecule has 0 saturated carbocycles. The van der Waals surface area contributed by atoms with Crippen LogP contribution in [0.3, 0.4) is 0 Å². The minimum atomic E-state index is -0.497. The van der Waals surface area contributed by atoms with E-state index in [1.54, 1.807) is 10.6 Å². The molecular weight excluding hydrogens is 638 g/mol. The number of nitrogen functional groups attached to an aromatic ring is 1. The summed E-state index contributed by atoms with van der Waals surface area (Å²) < 4.78 is 7.45. The second-order valence-electron chi connectivity index (χ2n) is 13.8. The highest BCUT2D eigenvalue weighted by atomic mass is 16.6. The molecule has 5 rings (SSSR count). The van der Waals surface area contributed by atoms with E-state index >= 15 is 0 Å². The lowest BCUT2D eigenvalue weighted by Gasteiger charge is -2.40. The summed E-state index contributed by atoms with van der Waals surface area (Å²) in [5.74, 6) is 6.72. The maximum Gasteiger partial charge on any atom is 0.326 e. The first kappa shape index (κ1) is 37.3. The zero-order valence-corrected chi connectivity index (χ0v) is 29.4. The van der Waals surface area contributed by atoms with E-state index in [1.165, 1.54) is 18.4 Å². The number of anilines is 1. The van der Waals surface area contributed by atoms with Gasteiger partial charge in [-0.05, 0) is 87.4 Å². The van der Waals surface area contributed by atoms with Crippen LogP contribution in [0.4, 0.5) is 5.82 Å². The third-order valence-corrected chi connectivity index (χ3v) is 10.2. The second kappa shape index (κ2) is 18.3. The molecule has 2 aliphatic rings. The van der Waals surface area contributed by atoms with Crippen LogP contribution < -0.4 is 33.1 Å². The molecule has 3 aromatic rings. The van der Waals surface area contributed by atoms with E-state index in [2.05, 4.69) is 56.2 Å². The number of amides is 2. The van der Waals surface area contributed by atoms with Crippen molar-refractivity contribution >= 4 is 28.7 Å². The molecule has 1 atom stereocenters. The molecule has 14 heteroatoms. The quantitative estimate of drug-likeness (QED) is 0.103. The van der Waals surface area contributed by atoms with Crippen molar-refractivity contribution in [1.82, 2.24) is 29.7 Å². The smallest absolute Gasteiger partial charge is 0.326 e. The largest absolute Gasteiger partial charge is 0.478 e. The number of hydrogen-bond donors (Lipinski definition) is 5. The number of rotatable bonds is 17. The Balaban J connectivity index is 1.03. The summed E-state index contributed by atoms with van der Waals surface area (Å²) in [6, 6.07) is 9.79. The van der Waals surface area contributed by atoms with Crippen LogP contribution >= 0.6 is 0 Å². The van der Waals surface area contributed by atoms with Gasteiger partial charge in [-0.25, -0.2) is 10.7 Å². The van der Waals surface area contributed by atoms with Crippen LogP contribution in [0.1, 0.15) is 75.8 Å². The Hall–Kier alpha value is -3.98. The standard InChI is InChI=1S/C36H55N9O5/c1-2-3-20-49-32-21-30-33(34(38)41-32)42-36(48)45(30)23-26-9-7-25(8-10-26)22-43-16-11-27(12-17-43)28-13-18-44(19-14-28)35(47)29(37)6-4-5-15-40-31(46)24-50-39/h7-10,21,27-29H,2-6,11-20,22-24,37,39H2,1H3,(H2,38,41)(H,40,46)(H,42,48)/t29-/m0/s1. The highest BCUT2D eigenvalue weighted by molar-refractivity contribution is 5.86. The minimum Gasteiger partial charge on any atom is -0.478 e. The number of nitrogens with one attached hydrogen (secondary N) is 2. The molecule has 1 aromatic carbocycles. The Morgan fingerprint density at radius 3 is 2.32 bits per heavy atom. The number of ether oxygens (including phenoxy) is 1. The topological polar surface area (TPSA) is 200 Å². The fraction of sp³-hybridized carbons (Fsp3) is 0.611. The Kier molecular flexibility index (Phi) is 13.7. The minimum absolute atomic E-state index is 0.0434. The van der Waals surface area contributed by atoms with E-state index in [0.717, 1.165) is 76.8 Å². The molecule has 50 heavy (non-hydrogen) atoms. The number of benzene rings is 1. The number of nitrogens with two attached hydrogens (primary N) is 3. The fourth-order valence-corrected chi connectivity index (χ4v) is 7.27. The first-order valence-corrected chi connectivity index (χ1v) is 18.2. The number of hydrogen-bond acceptors (Lipinski definition) is 10. The highest BCUT2D eigenvalue weighted by Crippen LogP contribution is 2.33. The lowest BCUT2D eigenvalue weighted by molar-refractivity contribution is -0.134. The molecule has 274 valence electrons. The molecular formula is C36H55N9O5. The van der Waals surface area contributed by atoms with Crippen molar-refractivity contribution in [1.29, 1.82) is 0 Å². The number of pyridine rings is 1. The Bertz CT molecular complexity index is 1590. The number of carbonyl (C=O) groups is 2. The van der Waals surface area contributed by atoms with Crippen molar-refractivity contribution in [2.24, 2.45) is 23.5 Å². The number of piperidine rings is 2. The number of carbonyl (C=O) groups excluding carboxylic acids is 2. The van der Waals surface area contributed by atoms with Gasteiger partial charge in [0.05, 0.1) is 24.7 Å². The van der Waals surface area contributed by atoms with Crippen LogP contribution in [0.25, 0.3) is 11.0 Å². The van der Waals surface area contributed by atoms with Crippen molar-refractivity contribution in [2.75, 3.05) is 51.7 Å². The average Bonchev–Trinajstić information content (AvgIpc) is 3.44. The molecule has 0 aliphatic carbocycles. The highest BCUT2D eigenvalue weighted by Gasteiger charge is 2.32. The molecule has 2 saturated heterocycles. The van der Waals surface area contributed by atoms with E-state index in [0.29, 0.717) is 54.9 Å². The van der Waals surface area contributed by atoms with Crippen LogP contribution in [0.5, 0.6) is 5.88 Å². The van der Waals surface area contributed by atoms with Gasteiger partial charge < -0.3 is 31.4 Å². The van der Waals surface area contributed by atoms with Crippen molar-refractivity contribution in [3.05, 3.63) is 51.9 Å². The van der Waals surface area contributed by atoms with Crippen LogP contribution in [-0.2, 0) is 27.5 Å². The van der Waals surface area contributed by atoms with Crippen LogP contribution in [0, 0.1) is 11.8 Å². The molecule has 2 amide bonds. The molecule has 2 fully saturated rings. The van der Waals surface area contributed by atoms with Crippen molar-refractivity contribution in [3.8, 4) is 5.88 Å². The lowest BCUT2D eigenvalue weighted by Crippen LogP contribution is -2.48. The Morgan fingerprint density at radius 2 is 1.66 bits per heavy atom. The summed E-state index contributed by atoms with van der Waals surface area (Å²) in [4.78, 5) is 53.1. The molecule has 0 unspecified atom stereocenters. The first-order chi connectivity index (χ1) is 24.2. The third-order valence-electron chi connectivity index (χ3n) is 10.2. The van der Waals surface area contributed by atoms with E-state index < -0.39 is 6.04 Å². The maximum atomic E-state index is 13.0. The van der Waals surface area contributed by atoms with Gasteiger partial charge in [0, 0.05) is 32.2 Å². The number of aromatic nitrogens is 3. The van der Waals surface area contributed by atoms with Crippen LogP contribution in [0.2, 0.25) is 0 Å². The fourth-order valence-electron chi connectivity index (χ4n) is 7.27. The van der Waals surface area contributed by atoms with Gasteiger partial charge in [-0.2, -0.15) is 4.98 Å². The molecule has 0 bridgehead atoms. The van der Waals surface area contributed by atoms with Gasteiger partial charge >= 0.3 is 5.69 Å². The summed E-state index contributed by atoms with van der Waals surface area (Å²) in [6.07, 6.45) is 8.50. The van der Waals surface area contributed by atoms with E-state index in [4.69, 9.17) is 22.1 Å². The van der Waals surface area contributed by atoms with Gasteiger partial charge in [0.1, 0.15) is 12.1 Å². The Labute approximate surface area is 294 Å². The predicted molar refractivity (Wildman–Crippen MR) is 193 cm³/mol. The Morgan fingerprint density at radius 1 is 1.00 bits per heavy atom. The molecule has 2 aromatic heterocycles. The van der Waals surface area contributed by atoms with Crippen molar-refractivity contribution < 1.29 is 19.2 Å². The van der Waals surface area contributed by atoms with Gasteiger partial charge in [-0.1, -0.05) is 37.6 Å². The summed E-state index contributed by atoms with van der Waals surface area (Å²) in [6.45, 7) is 8.03. The van der Waals surface area contributed by atoms with Gasteiger partial charge in [-0.3, -0.25) is 23.9 Å². The van der Waals surface area contributed by atoms with E-state index in [-0.39, 0.29) is 29.9 Å². The van der Waals surface area contributed by atoms with Gasteiger partial charge in [0.25, 0.3) is 0 Å². The van der Waals surface area contributed by atoms with Crippen LogP contribution in [-0.4, -0.2) is 88.1 Å². The molecule has 4 heterocycles. The third kappa shape index (κ3) is 10.1. The van der Waals surface area contributed by atoms with Crippen LogP contribution in [0.15, 0.2) is 35.1 Å². The van der Waals surface area contributed by atoms with Gasteiger partial charge in [0.2, 0.25) is 17.7 Å². The number of unbranched alkanes of at least 4 members (excludes halogenated alkanes) is 2. The maximum absolute atomic E-state index is 13.0. The summed E-state index contributed by atoms with van der Waals surface area (Å²) in [5, 5.41) is 2.72. The lowest BCUT2D eigenvalue weighted by atomic mass is 9.78. The number of nitrogens with zero attached hydrogens (tertiary/aromatic N) is 4. The second-order valence-corrected chi connectivity index (χ2v) is 13.8. The number of fused-ring (bicyclic) bond motifs is 1. The number of likely N-dealkylation sites (tertiary alicyclic amines) is 2. The zero-order chi connectivity index (χ0) is 35.5. The summed E-state index contributed by atoms with van der Waals surface area (Å²) >= 11 is 0. The SMILES string of the molecule is CCCCOc1cc2c([nH]c(=O)n2Cc2ccc(CN3CCC(C4CCN(C(=O)[C@@H](N)CCCCNC(=O)CON)CC4)CC3)cc2)c(N)n1. The number of H-pyrrole nitrogens is 1. The molecule has 14 nitrogen and oxygen atoms in total. The first-order valence-electron chi connectivity index (χ1n) is 18.2. The predicted octanol–water partition coefficient (Wildman–Crippen LogP) is 2.49. The van der Waals surface area contributed by atoms with Gasteiger partial charge in [-0.15, -0.1) is 0 Å². The monoisotopic (exact) mass is 693 g/mol. The van der Waals surface area contributed by atoms with Crippen molar-refractivity contribution in [3.63, 3.8) is 0 Å². The van der Waals surface area contributed by atoms with Crippen molar-refractivity contribution in [2.45, 2.75) is 83.8 Å². The molecule has 8 N–H and O–H groups in total. The average molecular weight is 694 g/mol. The molecule has 0 spiro atoms. The number of imidazole rings is 1. The van der Waals surface area contributed by atoms with E-state index in [1.807, 2.05) is 4.90 Å². The summed E-state index contributed by atoms with van der Waals surface area (Å²) in [5.41, 5.74) is 15.7. The molecule has 0 radical (unpaired) electrons. The zero-order valence-electron chi connectivity index (χ0n) is 29.4. The van der Waals surface area contributed by atoms with Gasteiger partial charge in [0.15, 0.2) is 5.82 Å². The van der Waals surface area contributed by atoms with E-state index in [9.17, 15) is 14.4 Å².